The molecule has 0 aliphatic carbocycles. The van der Waals surface area contributed by atoms with Crippen LogP contribution in [0.25, 0.3) is 0 Å². The quantitative estimate of drug-likeness (QED) is 0.786. The standard InChI is InChI=1S/C21H27N5O2S/c27-19-3-1-2-18-15-8-16(11-25(10-15)12-17-4-6-23-24-17)20(26(18)19)21(28)22-9-14-5-7-29-13-14/h4-7,13,15-16,18,20H,1-3,8-12H2,(H,22,28)(H,23,24)/t15-,16+,18-,20+/m0/s1. The van der Waals surface area contributed by atoms with Crippen molar-refractivity contribution in [1.29, 1.82) is 0 Å². The molecule has 5 heterocycles. The van der Waals surface area contributed by atoms with E-state index in [0.29, 0.717) is 18.9 Å². The van der Waals surface area contributed by atoms with Crippen molar-refractivity contribution in [2.24, 2.45) is 11.8 Å². The van der Waals surface area contributed by atoms with Crippen LogP contribution in [-0.2, 0) is 22.7 Å². The molecule has 5 rings (SSSR count). The first kappa shape index (κ1) is 18.8. The Balaban J connectivity index is 1.36. The molecular formula is C21H27N5O2S. The van der Waals surface area contributed by atoms with E-state index >= 15 is 0 Å². The Morgan fingerprint density at radius 3 is 3.00 bits per heavy atom. The molecule has 3 saturated heterocycles. The van der Waals surface area contributed by atoms with Crippen LogP contribution in [0, 0.1) is 11.8 Å². The summed E-state index contributed by atoms with van der Waals surface area (Å²) < 4.78 is 0. The predicted octanol–water partition coefficient (Wildman–Crippen LogP) is 1.99. The second-order valence-electron chi connectivity index (χ2n) is 8.59. The lowest BCUT2D eigenvalue weighted by Gasteiger charge is -2.55. The van der Waals surface area contributed by atoms with Crippen molar-refractivity contribution in [2.75, 3.05) is 13.1 Å². The summed E-state index contributed by atoms with van der Waals surface area (Å²) in [6, 6.07) is 3.87. The Labute approximate surface area is 174 Å². The van der Waals surface area contributed by atoms with Gasteiger partial charge in [0.2, 0.25) is 11.8 Å². The number of thiophene rings is 1. The van der Waals surface area contributed by atoms with E-state index in [1.807, 2.05) is 22.4 Å². The van der Waals surface area contributed by atoms with Gasteiger partial charge < -0.3 is 10.2 Å². The highest BCUT2D eigenvalue weighted by molar-refractivity contribution is 7.07. The van der Waals surface area contributed by atoms with Crippen LogP contribution in [0.1, 0.15) is 36.9 Å². The SMILES string of the molecule is O=C(NCc1ccsc1)[C@H]1[C@@H]2C[C@@H](CN(Cc3ccn[nH]3)C2)[C@@H]2CCCC(=O)N21. The average molecular weight is 414 g/mol. The van der Waals surface area contributed by atoms with Crippen LogP contribution in [0.5, 0.6) is 0 Å². The van der Waals surface area contributed by atoms with Gasteiger partial charge in [0, 0.05) is 56.5 Å². The number of aromatic amines is 1. The van der Waals surface area contributed by atoms with Crippen LogP contribution < -0.4 is 5.32 Å². The molecule has 2 N–H and O–H groups in total. The highest BCUT2D eigenvalue weighted by Gasteiger charge is 2.51. The van der Waals surface area contributed by atoms with E-state index in [1.165, 1.54) is 0 Å². The third-order valence-electron chi connectivity index (χ3n) is 6.68. The molecule has 0 aromatic carbocycles. The number of rotatable bonds is 5. The van der Waals surface area contributed by atoms with Crippen LogP contribution in [0.2, 0.25) is 0 Å². The summed E-state index contributed by atoms with van der Waals surface area (Å²) in [5.74, 6) is 0.788. The lowest BCUT2D eigenvalue weighted by molar-refractivity contribution is -0.160. The van der Waals surface area contributed by atoms with Gasteiger partial charge in [0.25, 0.3) is 0 Å². The van der Waals surface area contributed by atoms with Crippen LogP contribution in [0.3, 0.4) is 0 Å². The van der Waals surface area contributed by atoms with Crippen LogP contribution >= 0.6 is 11.3 Å². The van der Waals surface area contributed by atoms with E-state index < -0.39 is 0 Å². The highest BCUT2D eigenvalue weighted by atomic mass is 32.1. The number of aromatic nitrogens is 2. The highest BCUT2D eigenvalue weighted by Crippen LogP contribution is 2.42. The maximum Gasteiger partial charge on any atom is 0.243 e. The first-order valence-corrected chi connectivity index (χ1v) is 11.4. The van der Waals surface area contributed by atoms with E-state index in [1.54, 1.807) is 17.5 Å². The minimum absolute atomic E-state index is 0.00305. The summed E-state index contributed by atoms with van der Waals surface area (Å²) in [6.45, 7) is 3.16. The zero-order valence-corrected chi connectivity index (χ0v) is 17.2. The second kappa shape index (κ2) is 7.91. The van der Waals surface area contributed by atoms with Crippen LogP contribution in [0.4, 0.5) is 0 Å². The first-order chi connectivity index (χ1) is 14.2. The number of fused-ring (bicyclic) bond motifs is 4. The van der Waals surface area contributed by atoms with Gasteiger partial charge in [0.05, 0.1) is 0 Å². The Hall–Kier alpha value is -2.19. The van der Waals surface area contributed by atoms with E-state index in [9.17, 15) is 9.59 Å². The smallest absolute Gasteiger partial charge is 0.243 e. The van der Waals surface area contributed by atoms with Gasteiger partial charge >= 0.3 is 0 Å². The molecule has 4 atom stereocenters. The molecule has 0 radical (unpaired) electrons. The normalized spacial score (nSPS) is 29.5. The number of carbonyl (C=O) groups excluding carboxylic acids is 2. The maximum atomic E-state index is 13.3. The van der Waals surface area contributed by atoms with Gasteiger partial charge in [0.15, 0.2) is 0 Å². The monoisotopic (exact) mass is 413 g/mol. The van der Waals surface area contributed by atoms with Crippen molar-refractivity contribution < 1.29 is 9.59 Å². The number of amides is 2. The maximum absolute atomic E-state index is 13.3. The summed E-state index contributed by atoms with van der Waals surface area (Å²) >= 11 is 1.63. The fraction of sp³-hybridized carbons (Fsp3) is 0.571. The number of nitrogens with zero attached hydrogens (tertiary/aromatic N) is 3. The molecule has 3 aliphatic heterocycles. The van der Waals surface area contributed by atoms with Gasteiger partial charge in [0.1, 0.15) is 6.04 Å². The molecule has 0 spiro atoms. The topological polar surface area (TPSA) is 81.3 Å². The largest absolute Gasteiger partial charge is 0.350 e. The predicted molar refractivity (Wildman–Crippen MR) is 110 cm³/mol. The van der Waals surface area contributed by atoms with Crippen molar-refractivity contribution in [3.63, 3.8) is 0 Å². The number of carbonyl (C=O) groups is 2. The molecule has 7 nitrogen and oxygen atoms in total. The molecule has 2 bridgehead atoms. The molecule has 29 heavy (non-hydrogen) atoms. The summed E-state index contributed by atoms with van der Waals surface area (Å²) in [5, 5.41) is 14.3. The number of H-pyrrole nitrogens is 1. The molecule has 154 valence electrons. The van der Waals surface area contributed by atoms with Gasteiger partial charge in [-0.25, -0.2) is 0 Å². The third-order valence-corrected chi connectivity index (χ3v) is 7.42. The zero-order valence-electron chi connectivity index (χ0n) is 16.4. The number of piperidine rings is 3. The minimum atomic E-state index is -0.354. The molecule has 2 aromatic heterocycles. The van der Waals surface area contributed by atoms with Gasteiger partial charge in [-0.1, -0.05) is 0 Å². The number of nitrogens with one attached hydrogen (secondary N) is 2. The van der Waals surface area contributed by atoms with Crippen molar-refractivity contribution in [3.8, 4) is 0 Å². The van der Waals surface area contributed by atoms with Gasteiger partial charge in [-0.05, 0) is 53.6 Å². The minimum Gasteiger partial charge on any atom is -0.350 e. The Kier molecular flexibility index (Phi) is 5.13. The molecule has 3 fully saturated rings. The second-order valence-corrected chi connectivity index (χ2v) is 9.37. The molecule has 3 aliphatic rings. The summed E-state index contributed by atoms with van der Waals surface area (Å²) in [4.78, 5) is 30.6. The molecule has 2 aromatic rings. The Morgan fingerprint density at radius 2 is 2.21 bits per heavy atom. The first-order valence-electron chi connectivity index (χ1n) is 10.5. The van der Waals surface area contributed by atoms with Crippen molar-refractivity contribution in [3.05, 3.63) is 40.3 Å². The molecule has 2 amide bonds. The van der Waals surface area contributed by atoms with E-state index in [0.717, 1.165) is 50.2 Å². The van der Waals surface area contributed by atoms with Crippen molar-refractivity contribution >= 4 is 23.2 Å². The average Bonchev–Trinajstić information content (AvgIpc) is 3.41. The fourth-order valence-electron chi connectivity index (χ4n) is 5.52. The van der Waals surface area contributed by atoms with Crippen molar-refractivity contribution in [1.82, 2.24) is 25.3 Å². The van der Waals surface area contributed by atoms with Gasteiger partial charge in [-0.2, -0.15) is 16.4 Å². The van der Waals surface area contributed by atoms with Crippen LogP contribution in [0.15, 0.2) is 29.1 Å². The summed E-state index contributed by atoms with van der Waals surface area (Å²) in [7, 11) is 0. The zero-order chi connectivity index (χ0) is 19.8. The number of likely N-dealkylation sites (tertiary alicyclic amines) is 1. The van der Waals surface area contributed by atoms with E-state index in [-0.39, 0.29) is 29.8 Å². The summed E-state index contributed by atoms with van der Waals surface area (Å²) in [6.07, 6.45) is 5.33. The Bertz CT molecular complexity index is 853. The lowest BCUT2D eigenvalue weighted by Crippen LogP contribution is -2.68. The number of hydrogen-bond acceptors (Lipinski definition) is 5. The fourth-order valence-corrected chi connectivity index (χ4v) is 6.19. The lowest BCUT2D eigenvalue weighted by atomic mass is 9.71. The Morgan fingerprint density at radius 1 is 1.31 bits per heavy atom. The molecule has 0 unspecified atom stereocenters. The van der Waals surface area contributed by atoms with Gasteiger partial charge in [-0.3, -0.25) is 19.6 Å². The third kappa shape index (κ3) is 3.71. The van der Waals surface area contributed by atoms with Crippen molar-refractivity contribution in [2.45, 2.75) is 50.9 Å². The van der Waals surface area contributed by atoms with E-state index in [4.69, 9.17) is 0 Å². The molecule has 8 heteroatoms. The molecule has 0 saturated carbocycles. The summed E-state index contributed by atoms with van der Waals surface area (Å²) in [5.41, 5.74) is 2.21. The number of hydrogen-bond donors (Lipinski definition) is 2. The van der Waals surface area contributed by atoms with E-state index in [2.05, 4.69) is 25.8 Å². The molecular weight excluding hydrogens is 386 g/mol. The van der Waals surface area contributed by atoms with Gasteiger partial charge in [-0.15, -0.1) is 0 Å². The van der Waals surface area contributed by atoms with Crippen LogP contribution in [-0.4, -0.2) is 57.0 Å².